The van der Waals surface area contributed by atoms with Gasteiger partial charge in [-0.05, 0) is 6.92 Å². The van der Waals surface area contributed by atoms with Crippen LogP contribution in [0.1, 0.15) is 13.3 Å². The number of rotatable bonds is 6. The Bertz CT molecular complexity index is 298. The van der Waals surface area contributed by atoms with Gasteiger partial charge < -0.3 is 5.21 Å². The van der Waals surface area contributed by atoms with Gasteiger partial charge in [-0.25, -0.2) is 8.42 Å². The molecule has 6 heteroatoms. The summed E-state index contributed by atoms with van der Waals surface area (Å²) < 4.78 is 23.9. The smallest absolute Gasteiger partial charge is 0.211 e. The van der Waals surface area contributed by atoms with Crippen molar-refractivity contribution in [2.24, 2.45) is 5.16 Å². The van der Waals surface area contributed by atoms with Crippen molar-refractivity contribution in [2.45, 2.75) is 19.4 Å². The molecule has 0 bridgehead atoms. The number of hydrogen-bond acceptors (Lipinski definition) is 4. The molecule has 0 aromatic rings. The Morgan fingerprint density at radius 3 is 2.57 bits per heavy atom. The normalized spacial score (nSPS) is 14.8. The van der Waals surface area contributed by atoms with Crippen LogP contribution >= 0.6 is 0 Å². The molecule has 0 saturated carbocycles. The SMILES string of the molecule is C=CCN(C(C)C/C=N\O)S(C)(=O)=O. The Hall–Kier alpha value is -0.880. The van der Waals surface area contributed by atoms with Crippen LogP contribution in [0.5, 0.6) is 0 Å². The zero-order chi connectivity index (χ0) is 11.2. The topological polar surface area (TPSA) is 70.0 Å². The molecule has 0 aliphatic rings. The summed E-state index contributed by atoms with van der Waals surface area (Å²) in [5.74, 6) is 0. The standard InChI is InChI=1S/C8H16N2O3S/c1-4-7-10(14(3,12)13)8(2)5-6-9-11/h4,6,8,11H,1,5,7H2,2-3H3/b9-6-. The van der Waals surface area contributed by atoms with E-state index in [4.69, 9.17) is 5.21 Å². The van der Waals surface area contributed by atoms with Gasteiger partial charge in [0.1, 0.15) is 0 Å². The highest BCUT2D eigenvalue weighted by Crippen LogP contribution is 2.07. The fraction of sp³-hybridized carbons (Fsp3) is 0.625. The molecule has 1 unspecified atom stereocenters. The lowest BCUT2D eigenvalue weighted by Gasteiger charge is -2.24. The van der Waals surface area contributed by atoms with E-state index in [2.05, 4.69) is 11.7 Å². The van der Waals surface area contributed by atoms with Gasteiger partial charge in [0.25, 0.3) is 0 Å². The summed E-state index contributed by atoms with van der Waals surface area (Å²) in [7, 11) is -3.24. The molecule has 0 radical (unpaired) electrons. The average Bonchev–Trinajstić information content (AvgIpc) is 2.08. The van der Waals surface area contributed by atoms with Crippen LogP contribution in [0.15, 0.2) is 17.8 Å². The molecule has 0 aliphatic carbocycles. The van der Waals surface area contributed by atoms with E-state index in [-0.39, 0.29) is 12.6 Å². The van der Waals surface area contributed by atoms with Gasteiger partial charge in [0.05, 0.1) is 6.26 Å². The fourth-order valence-electron chi connectivity index (χ4n) is 1.09. The molecule has 5 nitrogen and oxygen atoms in total. The van der Waals surface area contributed by atoms with E-state index in [1.165, 1.54) is 16.6 Å². The monoisotopic (exact) mass is 220 g/mol. The number of sulfonamides is 1. The first kappa shape index (κ1) is 13.1. The van der Waals surface area contributed by atoms with E-state index in [9.17, 15) is 8.42 Å². The molecular formula is C8H16N2O3S. The third kappa shape index (κ3) is 4.38. The zero-order valence-electron chi connectivity index (χ0n) is 8.42. The van der Waals surface area contributed by atoms with Crippen LogP contribution in [-0.4, -0.2) is 43.0 Å². The predicted molar refractivity (Wildman–Crippen MR) is 56.1 cm³/mol. The highest BCUT2D eigenvalue weighted by atomic mass is 32.2. The molecule has 82 valence electrons. The Labute approximate surface area is 84.8 Å². The van der Waals surface area contributed by atoms with E-state index in [1.54, 1.807) is 6.92 Å². The minimum atomic E-state index is -3.24. The lowest BCUT2D eigenvalue weighted by molar-refractivity contribution is 0.316. The largest absolute Gasteiger partial charge is 0.411 e. The average molecular weight is 220 g/mol. The van der Waals surface area contributed by atoms with Crippen molar-refractivity contribution in [1.29, 1.82) is 0 Å². The highest BCUT2D eigenvalue weighted by Gasteiger charge is 2.20. The second-order valence-corrected chi connectivity index (χ2v) is 4.94. The lowest BCUT2D eigenvalue weighted by atomic mass is 10.2. The quantitative estimate of drug-likeness (QED) is 0.309. The molecule has 0 fully saturated rings. The van der Waals surface area contributed by atoms with Crippen LogP contribution in [0, 0.1) is 0 Å². The van der Waals surface area contributed by atoms with E-state index in [1.807, 2.05) is 0 Å². The summed E-state index contributed by atoms with van der Waals surface area (Å²) in [6.45, 7) is 5.49. The van der Waals surface area contributed by atoms with Gasteiger partial charge in [0, 0.05) is 25.2 Å². The maximum absolute atomic E-state index is 11.3. The number of nitrogens with zero attached hydrogens (tertiary/aromatic N) is 2. The van der Waals surface area contributed by atoms with E-state index in [0.29, 0.717) is 6.42 Å². The second-order valence-electron chi connectivity index (χ2n) is 3.00. The minimum Gasteiger partial charge on any atom is -0.411 e. The van der Waals surface area contributed by atoms with Crippen molar-refractivity contribution in [2.75, 3.05) is 12.8 Å². The van der Waals surface area contributed by atoms with Crippen LogP contribution in [0.4, 0.5) is 0 Å². The zero-order valence-corrected chi connectivity index (χ0v) is 9.24. The van der Waals surface area contributed by atoms with Crippen LogP contribution in [-0.2, 0) is 10.0 Å². The minimum absolute atomic E-state index is 0.237. The van der Waals surface area contributed by atoms with Crippen molar-refractivity contribution in [3.05, 3.63) is 12.7 Å². The van der Waals surface area contributed by atoms with Crippen molar-refractivity contribution in [3.8, 4) is 0 Å². The highest BCUT2D eigenvalue weighted by molar-refractivity contribution is 7.88. The summed E-state index contributed by atoms with van der Waals surface area (Å²) in [5.41, 5.74) is 0. The van der Waals surface area contributed by atoms with E-state index >= 15 is 0 Å². The van der Waals surface area contributed by atoms with Gasteiger partial charge in [-0.15, -0.1) is 11.7 Å². The van der Waals surface area contributed by atoms with Gasteiger partial charge in [0.2, 0.25) is 10.0 Å². The third-order valence-electron chi connectivity index (χ3n) is 1.75. The fourth-order valence-corrected chi connectivity index (χ4v) is 2.20. The first-order chi connectivity index (χ1) is 6.43. The van der Waals surface area contributed by atoms with Gasteiger partial charge in [-0.2, -0.15) is 4.31 Å². The Kier molecular flexibility index (Phi) is 5.40. The maximum atomic E-state index is 11.3. The lowest BCUT2D eigenvalue weighted by Crippen LogP contribution is -2.38. The molecular weight excluding hydrogens is 204 g/mol. The Morgan fingerprint density at radius 2 is 2.21 bits per heavy atom. The molecule has 1 atom stereocenters. The summed E-state index contributed by atoms with van der Waals surface area (Å²) >= 11 is 0. The summed E-state index contributed by atoms with van der Waals surface area (Å²) in [6, 6.07) is -0.237. The van der Waals surface area contributed by atoms with Crippen LogP contribution < -0.4 is 0 Å². The molecule has 0 aliphatic heterocycles. The Balaban J connectivity index is 4.57. The first-order valence-electron chi connectivity index (χ1n) is 4.17. The second kappa shape index (κ2) is 5.77. The Morgan fingerprint density at radius 1 is 1.64 bits per heavy atom. The van der Waals surface area contributed by atoms with Gasteiger partial charge >= 0.3 is 0 Å². The molecule has 0 spiro atoms. The molecule has 0 heterocycles. The first-order valence-corrected chi connectivity index (χ1v) is 6.02. The molecule has 14 heavy (non-hydrogen) atoms. The summed E-state index contributed by atoms with van der Waals surface area (Å²) in [6.07, 6.45) is 4.31. The molecule has 0 aromatic heterocycles. The van der Waals surface area contributed by atoms with E-state index in [0.717, 1.165) is 6.26 Å². The summed E-state index contributed by atoms with van der Waals surface area (Å²) in [4.78, 5) is 0. The molecule has 0 saturated heterocycles. The van der Waals surface area contributed by atoms with Crippen molar-refractivity contribution in [3.63, 3.8) is 0 Å². The van der Waals surface area contributed by atoms with Gasteiger partial charge in [-0.3, -0.25) is 0 Å². The van der Waals surface area contributed by atoms with Gasteiger partial charge in [0.15, 0.2) is 0 Å². The third-order valence-corrected chi connectivity index (χ3v) is 3.12. The molecule has 1 N–H and O–H groups in total. The number of hydrogen-bond donors (Lipinski definition) is 1. The van der Waals surface area contributed by atoms with Crippen LogP contribution in [0.25, 0.3) is 0 Å². The van der Waals surface area contributed by atoms with Crippen LogP contribution in [0.2, 0.25) is 0 Å². The summed E-state index contributed by atoms with van der Waals surface area (Å²) in [5, 5.41) is 11.0. The van der Waals surface area contributed by atoms with Crippen LogP contribution in [0.3, 0.4) is 0 Å². The maximum Gasteiger partial charge on any atom is 0.211 e. The predicted octanol–water partition coefficient (Wildman–Crippen LogP) is 0.673. The molecule has 0 amide bonds. The van der Waals surface area contributed by atoms with Crippen molar-refractivity contribution in [1.82, 2.24) is 4.31 Å². The number of oxime groups is 1. The van der Waals surface area contributed by atoms with Crippen molar-refractivity contribution < 1.29 is 13.6 Å². The van der Waals surface area contributed by atoms with Gasteiger partial charge in [-0.1, -0.05) is 6.08 Å². The molecule has 0 aromatic carbocycles. The molecule has 0 rings (SSSR count). The van der Waals surface area contributed by atoms with E-state index < -0.39 is 10.0 Å². The van der Waals surface area contributed by atoms with Crippen molar-refractivity contribution >= 4 is 16.2 Å².